The van der Waals surface area contributed by atoms with Crippen LogP contribution in [0.15, 0.2) is 60.7 Å². The first-order valence-electron chi connectivity index (χ1n) is 8.85. The van der Waals surface area contributed by atoms with Crippen LogP contribution in [0.2, 0.25) is 0 Å². The molecule has 2 aromatic rings. The van der Waals surface area contributed by atoms with Gasteiger partial charge in [-0.15, -0.1) is 0 Å². The summed E-state index contributed by atoms with van der Waals surface area (Å²) >= 11 is 0. The van der Waals surface area contributed by atoms with E-state index in [0.29, 0.717) is 0 Å². The van der Waals surface area contributed by atoms with Crippen molar-refractivity contribution >= 4 is 18.5 Å². The van der Waals surface area contributed by atoms with Crippen LogP contribution in [0.1, 0.15) is 6.92 Å². The summed E-state index contributed by atoms with van der Waals surface area (Å²) in [5.41, 5.74) is 7.54. The second-order valence-corrected chi connectivity index (χ2v) is 8.31. The fourth-order valence-corrected chi connectivity index (χ4v) is 5.48. The molecule has 10 radical (unpaired) electrons. The first kappa shape index (κ1) is 22.6. The van der Waals surface area contributed by atoms with Gasteiger partial charge in [0.15, 0.2) is 0 Å². The van der Waals surface area contributed by atoms with Gasteiger partial charge in [0.1, 0.15) is 0 Å². The summed E-state index contributed by atoms with van der Waals surface area (Å²) in [6.45, 7) is 2.06. The zero-order chi connectivity index (χ0) is 18.2. The van der Waals surface area contributed by atoms with Crippen molar-refractivity contribution in [3.8, 4) is 0 Å². The Morgan fingerprint density at radius 1 is 0.667 bits per heavy atom. The molecular weight excluding hydrogens is 389 g/mol. The van der Waals surface area contributed by atoms with E-state index in [1.807, 2.05) is 32.1 Å². The maximum Gasteiger partial charge on any atom is 0.0211 e. The molecule has 27 heavy (non-hydrogen) atoms. The van der Waals surface area contributed by atoms with E-state index in [0.717, 1.165) is 0 Å². The fraction of sp³-hybridized carbons (Fsp3) is 0.0833. The Balaban J connectivity index is 0.000000379. The maximum absolute atomic E-state index is 6.16. The van der Waals surface area contributed by atoms with Crippen molar-refractivity contribution in [3.63, 3.8) is 0 Å². The minimum Gasteiger partial charge on any atom is -0.327 e. The Kier molecular flexibility index (Phi) is 10.1. The summed E-state index contributed by atoms with van der Waals surface area (Å²) in [6.07, 6.45) is 16.5. The van der Waals surface area contributed by atoms with Crippen molar-refractivity contribution in [1.82, 2.24) is 0 Å². The third-order valence-corrected chi connectivity index (χ3v) is 6.66. The standard InChI is InChI=1S/C19H19NP.C5H5.Fe/c1-15(20)18-13-8-14-19(18)21(16-9-4-2-5-10-16)17-11-6-3-7-12-17;1-2-4-5-3-1;/h2-15H,20H2,1H3;1-5H;/t15-;;/m0../s1. The molecule has 0 aromatic heterocycles. The van der Waals surface area contributed by atoms with Crippen LogP contribution in [0.25, 0.3) is 0 Å². The second kappa shape index (κ2) is 12.0. The minimum absolute atomic E-state index is 0. The average Bonchev–Trinajstić information content (AvgIpc) is 3.39. The molecule has 1 nitrogen and oxygen atoms in total. The van der Waals surface area contributed by atoms with Crippen LogP contribution in [0.3, 0.4) is 0 Å². The van der Waals surface area contributed by atoms with E-state index in [1.54, 1.807) is 0 Å². The van der Waals surface area contributed by atoms with E-state index in [2.05, 4.69) is 86.8 Å². The smallest absolute Gasteiger partial charge is 0.0211 e. The molecule has 1 atom stereocenters. The van der Waals surface area contributed by atoms with Crippen LogP contribution in [-0.4, -0.2) is 6.04 Å². The average molecular weight is 413 g/mol. The van der Waals surface area contributed by atoms with E-state index in [-0.39, 0.29) is 23.1 Å². The number of rotatable bonds is 4. The van der Waals surface area contributed by atoms with Gasteiger partial charge in [-0.05, 0) is 76.8 Å². The first-order valence-corrected chi connectivity index (χ1v) is 10.2. The molecule has 2 aromatic carbocycles. The Morgan fingerprint density at radius 3 is 1.52 bits per heavy atom. The quantitative estimate of drug-likeness (QED) is 0.590. The topological polar surface area (TPSA) is 26.0 Å². The molecule has 0 amide bonds. The van der Waals surface area contributed by atoms with Gasteiger partial charge >= 0.3 is 0 Å². The zero-order valence-electron chi connectivity index (χ0n) is 15.3. The molecule has 0 aliphatic heterocycles. The summed E-state index contributed by atoms with van der Waals surface area (Å²) in [6, 6.07) is 21.5. The van der Waals surface area contributed by atoms with Gasteiger partial charge in [0.2, 0.25) is 0 Å². The van der Waals surface area contributed by atoms with Crippen molar-refractivity contribution in [3.05, 3.63) is 124 Å². The Labute approximate surface area is 177 Å². The number of hydrogen-bond donors (Lipinski definition) is 1. The largest absolute Gasteiger partial charge is 0.327 e. The van der Waals surface area contributed by atoms with Gasteiger partial charge in [-0.1, -0.05) is 60.7 Å². The summed E-state index contributed by atoms with van der Waals surface area (Å²) in [5.74, 6) is 1.26. The molecule has 2 saturated carbocycles. The molecule has 0 heterocycles. The third-order valence-electron chi connectivity index (χ3n) is 4.14. The Hall–Kier alpha value is -0.651. The molecule has 3 heteroatoms. The van der Waals surface area contributed by atoms with Crippen molar-refractivity contribution in [1.29, 1.82) is 0 Å². The number of benzene rings is 2. The molecule has 138 valence electrons. The van der Waals surface area contributed by atoms with E-state index in [1.165, 1.54) is 22.2 Å². The van der Waals surface area contributed by atoms with Crippen LogP contribution in [0.5, 0.6) is 0 Å². The van der Waals surface area contributed by atoms with Gasteiger partial charge < -0.3 is 5.73 Å². The predicted molar refractivity (Wildman–Crippen MR) is 114 cm³/mol. The molecule has 2 N–H and O–H groups in total. The van der Waals surface area contributed by atoms with Crippen LogP contribution in [0, 0.1) is 62.9 Å². The zero-order valence-corrected chi connectivity index (χ0v) is 17.3. The Bertz CT molecular complexity index is 580. The maximum atomic E-state index is 6.16. The van der Waals surface area contributed by atoms with Gasteiger partial charge in [0.25, 0.3) is 0 Å². The van der Waals surface area contributed by atoms with Crippen LogP contribution < -0.4 is 16.3 Å². The van der Waals surface area contributed by atoms with Gasteiger partial charge in [0, 0.05) is 34.7 Å². The van der Waals surface area contributed by atoms with Gasteiger partial charge in [-0.3, -0.25) is 0 Å². The first-order chi connectivity index (χ1) is 12.8. The number of nitrogens with two attached hydrogens (primary N) is 1. The second-order valence-electron chi connectivity index (χ2n) is 6.12. The fourth-order valence-electron chi connectivity index (χ4n) is 2.92. The molecule has 4 rings (SSSR count). The van der Waals surface area contributed by atoms with Gasteiger partial charge in [-0.25, -0.2) is 0 Å². The normalized spacial score (nSPS) is 18.6. The van der Waals surface area contributed by atoms with E-state index >= 15 is 0 Å². The summed E-state index contributed by atoms with van der Waals surface area (Å²) in [4.78, 5) is 0. The minimum atomic E-state index is -0.542. The molecule has 2 aliphatic carbocycles. The van der Waals surface area contributed by atoms with Crippen LogP contribution in [0.4, 0.5) is 0 Å². The third kappa shape index (κ3) is 6.43. The molecule has 2 fully saturated rings. The molecule has 0 bridgehead atoms. The summed E-state index contributed by atoms with van der Waals surface area (Å²) in [5, 5.41) is 2.73. The molecule has 2 aliphatic rings. The van der Waals surface area contributed by atoms with Crippen LogP contribution in [-0.2, 0) is 17.1 Å². The summed E-state index contributed by atoms with van der Waals surface area (Å²) in [7, 11) is -0.542. The van der Waals surface area contributed by atoms with E-state index < -0.39 is 7.92 Å². The van der Waals surface area contributed by atoms with Crippen molar-refractivity contribution in [2.24, 2.45) is 5.73 Å². The monoisotopic (exact) mass is 413 g/mol. The van der Waals surface area contributed by atoms with Gasteiger partial charge in [0.05, 0.1) is 0 Å². The van der Waals surface area contributed by atoms with E-state index in [4.69, 9.17) is 5.73 Å². The predicted octanol–water partition coefficient (Wildman–Crippen LogP) is 4.22. The Morgan fingerprint density at radius 2 is 1.11 bits per heavy atom. The number of hydrogen-bond acceptors (Lipinski definition) is 1. The van der Waals surface area contributed by atoms with Crippen molar-refractivity contribution < 1.29 is 17.1 Å². The van der Waals surface area contributed by atoms with Crippen molar-refractivity contribution in [2.45, 2.75) is 13.0 Å². The molecule has 0 saturated heterocycles. The molecule has 0 unspecified atom stereocenters. The summed E-state index contributed by atoms with van der Waals surface area (Å²) < 4.78 is 0. The van der Waals surface area contributed by atoms with Crippen LogP contribution >= 0.6 is 7.92 Å². The molecule has 0 spiro atoms. The SMILES string of the molecule is C[C@H](N)[C]1[CH][CH][CH][C]1P(c1ccccc1)c1ccccc1.[CH]1[CH][CH][CH][CH]1.[Fe]. The van der Waals surface area contributed by atoms with Gasteiger partial charge in [-0.2, -0.15) is 0 Å². The van der Waals surface area contributed by atoms with E-state index in [9.17, 15) is 0 Å². The molecular formula is C24H24FeNP. The van der Waals surface area contributed by atoms with Crippen molar-refractivity contribution in [2.75, 3.05) is 0 Å².